The van der Waals surface area contributed by atoms with Crippen LogP contribution in [-0.4, -0.2) is 35.9 Å². The molecule has 1 N–H and O–H groups in total. The van der Waals surface area contributed by atoms with E-state index in [0.29, 0.717) is 0 Å². The summed E-state index contributed by atoms with van der Waals surface area (Å²) in [6.07, 6.45) is 6.14. The molecule has 0 fully saturated rings. The van der Waals surface area contributed by atoms with Crippen molar-refractivity contribution in [2.75, 3.05) is 26.3 Å². The van der Waals surface area contributed by atoms with Crippen molar-refractivity contribution in [1.29, 1.82) is 0 Å². The Morgan fingerprint density at radius 3 is 3.00 bits per heavy atom. The van der Waals surface area contributed by atoms with Gasteiger partial charge in [0.05, 0.1) is 6.61 Å². The van der Waals surface area contributed by atoms with Gasteiger partial charge in [-0.3, -0.25) is 0 Å². The standard InChI is InChI=1S/C12H23N3O/c1-3-5-12-14-7-10-15(12)9-6-13-8-11-16-4-2/h7,10,13H,3-6,8-9,11H2,1-2H3. The minimum Gasteiger partial charge on any atom is -0.380 e. The van der Waals surface area contributed by atoms with Crippen LogP contribution in [0.1, 0.15) is 26.1 Å². The van der Waals surface area contributed by atoms with Crippen molar-refractivity contribution in [3.8, 4) is 0 Å². The molecule has 1 rings (SSSR count). The molecule has 0 radical (unpaired) electrons. The van der Waals surface area contributed by atoms with Crippen molar-refractivity contribution in [3.05, 3.63) is 18.2 Å². The van der Waals surface area contributed by atoms with Gasteiger partial charge in [-0.05, 0) is 13.3 Å². The first kappa shape index (κ1) is 13.2. The molecule has 1 aromatic heterocycles. The van der Waals surface area contributed by atoms with Gasteiger partial charge in [0.2, 0.25) is 0 Å². The number of nitrogens with zero attached hydrogens (tertiary/aromatic N) is 2. The molecule has 92 valence electrons. The number of nitrogens with one attached hydrogen (secondary N) is 1. The summed E-state index contributed by atoms with van der Waals surface area (Å²) in [6, 6.07) is 0. The highest BCUT2D eigenvalue weighted by molar-refractivity contribution is 4.92. The van der Waals surface area contributed by atoms with Crippen LogP contribution in [0, 0.1) is 0 Å². The number of aromatic nitrogens is 2. The van der Waals surface area contributed by atoms with Crippen LogP contribution in [0.4, 0.5) is 0 Å². The minimum atomic E-state index is 0.794. The molecule has 0 saturated carbocycles. The molecule has 0 saturated heterocycles. The van der Waals surface area contributed by atoms with Gasteiger partial charge in [-0.2, -0.15) is 0 Å². The Labute approximate surface area is 98.0 Å². The summed E-state index contributed by atoms with van der Waals surface area (Å²) in [4.78, 5) is 4.34. The lowest BCUT2D eigenvalue weighted by Crippen LogP contribution is -2.24. The molecule has 4 nitrogen and oxygen atoms in total. The number of hydrogen-bond donors (Lipinski definition) is 1. The monoisotopic (exact) mass is 225 g/mol. The van der Waals surface area contributed by atoms with Gasteiger partial charge in [0.1, 0.15) is 5.82 Å². The number of rotatable bonds is 9. The van der Waals surface area contributed by atoms with E-state index in [1.807, 2.05) is 13.1 Å². The average Bonchev–Trinajstić information content (AvgIpc) is 2.72. The van der Waals surface area contributed by atoms with Crippen LogP contribution in [0.3, 0.4) is 0 Å². The second kappa shape index (κ2) is 8.30. The maximum Gasteiger partial charge on any atom is 0.108 e. The van der Waals surface area contributed by atoms with Gasteiger partial charge < -0.3 is 14.6 Å². The smallest absolute Gasteiger partial charge is 0.108 e. The topological polar surface area (TPSA) is 39.1 Å². The van der Waals surface area contributed by atoms with E-state index in [1.165, 1.54) is 5.82 Å². The predicted molar refractivity (Wildman–Crippen MR) is 65.6 cm³/mol. The first-order valence-electron chi connectivity index (χ1n) is 6.17. The molecule has 4 heteroatoms. The fraction of sp³-hybridized carbons (Fsp3) is 0.750. The summed E-state index contributed by atoms with van der Waals surface area (Å²) >= 11 is 0. The maximum atomic E-state index is 5.25. The van der Waals surface area contributed by atoms with Crippen molar-refractivity contribution in [2.45, 2.75) is 33.2 Å². The second-order valence-electron chi connectivity index (χ2n) is 3.73. The molecule has 16 heavy (non-hydrogen) atoms. The maximum absolute atomic E-state index is 5.25. The normalized spacial score (nSPS) is 10.9. The Bertz CT molecular complexity index is 273. The number of imidazole rings is 1. The van der Waals surface area contributed by atoms with Crippen molar-refractivity contribution >= 4 is 0 Å². The Morgan fingerprint density at radius 1 is 1.38 bits per heavy atom. The molecule has 0 unspecified atom stereocenters. The van der Waals surface area contributed by atoms with Crippen LogP contribution in [0.25, 0.3) is 0 Å². The highest BCUT2D eigenvalue weighted by atomic mass is 16.5. The molecule has 0 aromatic carbocycles. The number of aryl methyl sites for hydroxylation is 1. The van der Waals surface area contributed by atoms with E-state index in [2.05, 4.69) is 28.0 Å². The van der Waals surface area contributed by atoms with Crippen LogP contribution in [0.2, 0.25) is 0 Å². The molecule has 0 aliphatic rings. The first-order chi connectivity index (χ1) is 7.88. The van der Waals surface area contributed by atoms with Gasteiger partial charge in [0, 0.05) is 45.1 Å². The zero-order valence-corrected chi connectivity index (χ0v) is 10.4. The third-order valence-corrected chi connectivity index (χ3v) is 2.43. The molecule has 0 aliphatic carbocycles. The second-order valence-corrected chi connectivity index (χ2v) is 3.73. The van der Waals surface area contributed by atoms with Crippen molar-refractivity contribution < 1.29 is 4.74 Å². The third-order valence-electron chi connectivity index (χ3n) is 2.43. The van der Waals surface area contributed by atoms with E-state index in [4.69, 9.17) is 4.74 Å². The molecule has 0 bridgehead atoms. The van der Waals surface area contributed by atoms with E-state index in [0.717, 1.165) is 45.7 Å². The van der Waals surface area contributed by atoms with Gasteiger partial charge in [0.25, 0.3) is 0 Å². The van der Waals surface area contributed by atoms with Crippen LogP contribution < -0.4 is 5.32 Å². The van der Waals surface area contributed by atoms with Crippen LogP contribution in [-0.2, 0) is 17.7 Å². The lowest BCUT2D eigenvalue weighted by molar-refractivity contribution is 0.149. The molecular formula is C12H23N3O. The summed E-state index contributed by atoms with van der Waals surface area (Å²) in [5.41, 5.74) is 0. The summed E-state index contributed by atoms with van der Waals surface area (Å²) in [7, 11) is 0. The molecule has 1 aromatic rings. The fourth-order valence-electron chi connectivity index (χ4n) is 1.61. The van der Waals surface area contributed by atoms with Crippen LogP contribution in [0.5, 0.6) is 0 Å². The molecular weight excluding hydrogens is 202 g/mol. The first-order valence-corrected chi connectivity index (χ1v) is 6.17. The quantitative estimate of drug-likeness (QED) is 0.647. The minimum absolute atomic E-state index is 0.794. The van der Waals surface area contributed by atoms with Crippen molar-refractivity contribution in [1.82, 2.24) is 14.9 Å². The van der Waals surface area contributed by atoms with Crippen molar-refractivity contribution in [2.24, 2.45) is 0 Å². The van der Waals surface area contributed by atoms with E-state index in [1.54, 1.807) is 0 Å². The fourth-order valence-corrected chi connectivity index (χ4v) is 1.61. The molecule has 1 heterocycles. The van der Waals surface area contributed by atoms with Gasteiger partial charge in [-0.1, -0.05) is 6.92 Å². The zero-order chi connectivity index (χ0) is 11.6. The number of ether oxygens (including phenoxy) is 1. The zero-order valence-electron chi connectivity index (χ0n) is 10.4. The Balaban J connectivity index is 2.13. The van der Waals surface area contributed by atoms with E-state index in [9.17, 15) is 0 Å². The Morgan fingerprint density at radius 2 is 2.25 bits per heavy atom. The number of hydrogen-bond acceptors (Lipinski definition) is 3. The lowest BCUT2D eigenvalue weighted by Gasteiger charge is -2.08. The third kappa shape index (κ3) is 4.77. The van der Waals surface area contributed by atoms with E-state index in [-0.39, 0.29) is 0 Å². The molecule has 0 aliphatic heterocycles. The Kier molecular flexibility index (Phi) is 6.85. The summed E-state index contributed by atoms with van der Waals surface area (Å²) in [6.45, 7) is 8.67. The van der Waals surface area contributed by atoms with Gasteiger partial charge in [-0.25, -0.2) is 4.98 Å². The molecule has 0 spiro atoms. The van der Waals surface area contributed by atoms with Crippen LogP contribution in [0.15, 0.2) is 12.4 Å². The SMILES string of the molecule is CCCc1nccn1CCNCCOCC. The highest BCUT2D eigenvalue weighted by Crippen LogP contribution is 2.00. The Hall–Kier alpha value is -0.870. The van der Waals surface area contributed by atoms with Crippen LogP contribution >= 0.6 is 0 Å². The summed E-state index contributed by atoms with van der Waals surface area (Å²) in [5, 5.41) is 3.35. The molecule has 0 atom stereocenters. The largest absolute Gasteiger partial charge is 0.380 e. The lowest BCUT2D eigenvalue weighted by atomic mass is 10.3. The van der Waals surface area contributed by atoms with Gasteiger partial charge in [0.15, 0.2) is 0 Å². The van der Waals surface area contributed by atoms with Gasteiger partial charge in [-0.15, -0.1) is 0 Å². The summed E-state index contributed by atoms with van der Waals surface area (Å²) < 4.78 is 7.47. The van der Waals surface area contributed by atoms with E-state index >= 15 is 0 Å². The average molecular weight is 225 g/mol. The molecule has 0 amide bonds. The van der Waals surface area contributed by atoms with Gasteiger partial charge >= 0.3 is 0 Å². The highest BCUT2D eigenvalue weighted by Gasteiger charge is 2.00. The predicted octanol–water partition coefficient (Wildman–Crippen LogP) is 1.46. The summed E-state index contributed by atoms with van der Waals surface area (Å²) in [5.74, 6) is 1.19. The van der Waals surface area contributed by atoms with E-state index < -0.39 is 0 Å². The van der Waals surface area contributed by atoms with Crippen molar-refractivity contribution in [3.63, 3.8) is 0 Å².